The SMILES string of the molecule is c1ccc(N2c3cc4c(cc3B3c5ccc(-n6c7ccccc7c7ccccc76)cc5Oc5cccc2c53)c2ccccc2c2cc3c(cc24)N(c2ccccc2)c2cccc4c2B3c2ccc(-n3c5ccccc5c5ccccc53)cc2O4)cc1. The monoisotopic (exact) mass is 1090 g/mol. The summed E-state index contributed by atoms with van der Waals surface area (Å²) >= 11 is 0. The van der Waals surface area contributed by atoms with Crippen molar-refractivity contribution in [3.05, 3.63) is 279 Å². The average molecular weight is 1090 g/mol. The summed E-state index contributed by atoms with van der Waals surface area (Å²) in [5, 5.41) is 12.2. The zero-order valence-corrected chi connectivity index (χ0v) is 46.3. The van der Waals surface area contributed by atoms with E-state index >= 15 is 0 Å². The fourth-order valence-corrected chi connectivity index (χ4v) is 15.7. The molecule has 4 aliphatic heterocycles. The van der Waals surface area contributed by atoms with E-state index in [-0.39, 0.29) is 13.4 Å². The number of aromatic nitrogens is 2. The van der Waals surface area contributed by atoms with Crippen molar-refractivity contribution in [2.45, 2.75) is 0 Å². The Bertz CT molecular complexity index is 5200. The number of hydrogen-bond donors (Lipinski definition) is 0. The van der Waals surface area contributed by atoms with Crippen LogP contribution in [0.25, 0.3) is 87.3 Å². The number of hydrogen-bond acceptors (Lipinski definition) is 4. The predicted molar refractivity (Wildman–Crippen MR) is 359 cm³/mol. The molecular formula is C78H46B2N4O2. The second-order valence-corrected chi connectivity index (χ2v) is 23.4. The number of para-hydroxylation sites is 6. The third kappa shape index (κ3) is 6.21. The van der Waals surface area contributed by atoms with Crippen molar-refractivity contribution < 1.29 is 9.47 Å². The lowest BCUT2D eigenvalue weighted by Gasteiger charge is -2.41. The first-order valence-electron chi connectivity index (χ1n) is 29.7. The normalized spacial score (nSPS) is 13.4. The molecule has 0 amide bonds. The molecule has 16 aromatic rings. The molecule has 0 fully saturated rings. The average Bonchev–Trinajstić information content (AvgIpc) is 1.04. The van der Waals surface area contributed by atoms with E-state index in [2.05, 4.69) is 298 Å². The number of ether oxygens (including phenoxy) is 2. The fourth-order valence-electron chi connectivity index (χ4n) is 15.7. The van der Waals surface area contributed by atoms with Gasteiger partial charge in [-0.15, -0.1) is 0 Å². The van der Waals surface area contributed by atoms with Crippen molar-refractivity contribution >= 4 is 156 Å². The molecule has 6 heterocycles. The van der Waals surface area contributed by atoms with E-state index in [4.69, 9.17) is 9.47 Å². The van der Waals surface area contributed by atoms with Crippen molar-refractivity contribution in [2.75, 3.05) is 9.80 Å². The molecule has 0 bridgehead atoms. The van der Waals surface area contributed by atoms with Gasteiger partial charge in [-0.3, -0.25) is 0 Å². The van der Waals surface area contributed by atoms with Crippen molar-refractivity contribution in [1.82, 2.24) is 9.13 Å². The number of anilines is 6. The quantitative estimate of drug-likeness (QED) is 0.130. The summed E-state index contributed by atoms with van der Waals surface area (Å²) in [6.45, 7) is -0.226. The molecule has 0 radical (unpaired) electrons. The Labute approximate surface area is 495 Å². The number of fused-ring (bicyclic) bond motifs is 20. The zero-order valence-electron chi connectivity index (χ0n) is 46.3. The van der Waals surface area contributed by atoms with Gasteiger partial charge in [0.05, 0.1) is 22.1 Å². The summed E-state index contributed by atoms with van der Waals surface area (Å²) in [5.74, 6) is 3.50. The second-order valence-electron chi connectivity index (χ2n) is 23.4. The Morgan fingerprint density at radius 2 is 0.570 bits per heavy atom. The van der Waals surface area contributed by atoms with E-state index in [1.165, 1.54) is 97.8 Å². The minimum atomic E-state index is -0.113. The molecule has 0 saturated heterocycles. The Kier molecular flexibility index (Phi) is 9.26. The summed E-state index contributed by atoms with van der Waals surface area (Å²) in [5.41, 5.74) is 20.7. The van der Waals surface area contributed by atoms with Crippen LogP contribution in [-0.2, 0) is 0 Å². The standard InChI is InChI=1S/C78H46B2N4O2/c1-3-19-47(20-4-1)81-69-33-17-35-73-77(69)79(61-39-37-49(41-75(61)85-73)83-65-29-13-9-25-53(65)54-26-10-14-30-66(54)83)63-43-57-51-23-7-8-24-52(51)58-44-64-72(46-60(58)59(57)45-71(63)81)82(48-21-5-2-6-22-48)70-34-18-36-74-78(70)80(64)62-40-38-50(42-76(62)86-74)84-67-31-15-11-27-55(67)56-28-12-16-32-68(56)84/h1-46H. The number of benzene rings is 14. The van der Waals surface area contributed by atoms with E-state index in [1.807, 2.05) is 0 Å². The van der Waals surface area contributed by atoms with E-state index in [1.54, 1.807) is 0 Å². The first-order valence-corrected chi connectivity index (χ1v) is 29.7. The van der Waals surface area contributed by atoms with E-state index in [9.17, 15) is 0 Å². The molecule has 6 nitrogen and oxygen atoms in total. The van der Waals surface area contributed by atoms with Gasteiger partial charge in [0, 0.05) is 79.2 Å². The van der Waals surface area contributed by atoms with Gasteiger partial charge in [0.25, 0.3) is 13.4 Å². The molecule has 0 spiro atoms. The lowest BCUT2D eigenvalue weighted by atomic mass is 9.34. The van der Waals surface area contributed by atoms with Gasteiger partial charge < -0.3 is 28.4 Å². The summed E-state index contributed by atoms with van der Waals surface area (Å²) in [4.78, 5) is 4.95. The Morgan fingerprint density at radius 3 is 0.965 bits per heavy atom. The minimum Gasteiger partial charge on any atom is -0.458 e. The van der Waals surface area contributed by atoms with E-state index in [0.717, 1.165) is 79.4 Å². The lowest BCUT2D eigenvalue weighted by molar-refractivity contribution is 0.487. The first-order chi connectivity index (χ1) is 42.7. The first kappa shape index (κ1) is 46.3. The van der Waals surface area contributed by atoms with Gasteiger partial charge in [-0.05, 0) is 162 Å². The molecule has 0 saturated carbocycles. The largest absolute Gasteiger partial charge is 0.458 e. The van der Waals surface area contributed by atoms with Crippen molar-refractivity contribution in [3.8, 4) is 34.4 Å². The third-order valence-electron chi connectivity index (χ3n) is 19.1. The molecule has 0 aliphatic carbocycles. The van der Waals surface area contributed by atoms with Gasteiger partial charge in [-0.2, -0.15) is 0 Å². The van der Waals surface area contributed by atoms with Crippen LogP contribution < -0.4 is 52.1 Å². The summed E-state index contributed by atoms with van der Waals surface area (Å²) < 4.78 is 19.1. The molecule has 4 aliphatic rings. The van der Waals surface area contributed by atoms with Crippen LogP contribution in [0.4, 0.5) is 34.1 Å². The van der Waals surface area contributed by atoms with Crippen LogP contribution in [0.3, 0.4) is 0 Å². The van der Waals surface area contributed by atoms with Crippen molar-refractivity contribution in [3.63, 3.8) is 0 Å². The molecule has 86 heavy (non-hydrogen) atoms. The second kappa shape index (κ2) is 17.2. The van der Waals surface area contributed by atoms with Crippen LogP contribution in [0, 0.1) is 0 Å². The maximum atomic E-state index is 7.18. The Hall–Kier alpha value is -11.2. The molecule has 8 heteroatoms. The summed E-state index contributed by atoms with van der Waals surface area (Å²) in [6, 6.07) is 103. The molecule has 0 N–H and O–H groups in total. The highest BCUT2D eigenvalue weighted by Crippen LogP contribution is 2.48. The van der Waals surface area contributed by atoms with Crippen molar-refractivity contribution in [1.29, 1.82) is 0 Å². The number of nitrogens with zero attached hydrogens (tertiary/aromatic N) is 4. The predicted octanol–water partition coefficient (Wildman–Crippen LogP) is 16.2. The third-order valence-corrected chi connectivity index (χ3v) is 19.1. The van der Waals surface area contributed by atoms with Crippen LogP contribution in [-0.4, -0.2) is 22.6 Å². The van der Waals surface area contributed by atoms with E-state index < -0.39 is 0 Å². The highest BCUT2D eigenvalue weighted by Gasteiger charge is 2.45. The highest BCUT2D eigenvalue weighted by molar-refractivity contribution is 7.00. The van der Waals surface area contributed by atoms with Crippen LogP contribution in [0.15, 0.2) is 279 Å². The van der Waals surface area contributed by atoms with E-state index in [0.29, 0.717) is 0 Å². The van der Waals surface area contributed by atoms with Crippen LogP contribution >= 0.6 is 0 Å². The molecule has 0 unspecified atom stereocenters. The Balaban J connectivity index is 0.833. The fraction of sp³-hybridized carbons (Fsp3) is 0. The van der Waals surface area contributed by atoms with Crippen LogP contribution in [0.2, 0.25) is 0 Å². The van der Waals surface area contributed by atoms with Gasteiger partial charge in [0.15, 0.2) is 0 Å². The maximum absolute atomic E-state index is 7.18. The Morgan fingerprint density at radius 1 is 0.221 bits per heavy atom. The van der Waals surface area contributed by atoms with Crippen molar-refractivity contribution in [2.24, 2.45) is 0 Å². The summed E-state index contributed by atoms with van der Waals surface area (Å²) in [6.07, 6.45) is 0. The number of rotatable bonds is 4. The lowest BCUT2D eigenvalue weighted by Crippen LogP contribution is -2.59. The highest BCUT2D eigenvalue weighted by atomic mass is 16.5. The maximum Gasteiger partial charge on any atom is 0.256 e. The van der Waals surface area contributed by atoms with Gasteiger partial charge in [-0.25, -0.2) is 0 Å². The van der Waals surface area contributed by atoms with Gasteiger partial charge in [-0.1, -0.05) is 170 Å². The van der Waals surface area contributed by atoms with Crippen LogP contribution in [0.5, 0.6) is 23.0 Å². The molecule has 0 atom stereocenters. The van der Waals surface area contributed by atoms with Gasteiger partial charge >= 0.3 is 0 Å². The molecule has 20 rings (SSSR count). The zero-order chi connectivity index (χ0) is 55.9. The molecule has 2 aromatic heterocycles. The topological polar surface area (TPSA) is 34.8 Å². The molecular weight excluding hydrogens is 1050 g/mol. The van der Waals surface area contributed by atoms with Crippen LogP contribution in [0.1, 0.15) is 0 Å². The summed E-state index contributed by atoms with van der Waals surface area (Å²) in [7, 11) is 0. The molecule has 396 valence electrons. The smallest absolute Gasteiger partial charge is 0.256 e. The molecule has 14 aromatic carbocycles. The minimum absolute atomic E-state index is 0.113. The van der Waals surface area contributed by atoms with Gasteiger partial charge in [0.2, 0.25) is 0 Å². The van der Waals surface area contributed by atoms with Gasteiger partial charge in [0.1, 0.15) is 23.0 Å².